The van der Waals surface area contributed by atoms with Crippen LogP contribution in [0.3, 0.4) is 0 Å². The fourth-order valence-electron chi connectivity index (χ4n) is 2.65. The van der Waals surface area contributed by atoms with Crippen LogP contribution in [0.4, 0.5) is 5.69 Å². The Balaban J connectivity index is 1.89. The topological polar surface area (TPSA) is 60.3 Å². The zero-order valence-electron chi connectivity index (χ0n) is 14.4. The Bertz CT molecular complexity index is 972. The lowest BCUT2D eigenvalue weighted by atomic mass is 10.1. The number of amides is 1. The summed E-state index contributed by atoms with van der Waals surface area (Å²) >= 11 is 1.18. The van der Waals surface area contributed by atoms with Crippen molar-refractivity contribution in [2.24, 2.45) is 0 Å². The van der Waals surface area contributed by atoms with Crippen LogP contribution in [0.5, 0.6) is 5.75 Å². The molecule has 1 N–H and O–H groups in total. The van der Waals surface area contributed by atoms with Gasteiger partial charge in [0.05, 0.1) is 21.9 Å². The molecule has 0 spiro atoms. The van der Waals surface area contributed by atoms with Crippen LogP contribution in [0.1, 0.15) is 31.1 Å². The number of carbonyl (C=O) groups is 1. The van der Waals surface area contributed by atoms with Crippen molar-refractivity contribution < 1.29 is 9.53 Å². The fourth-order valence-corrected chi connectivity index (χ4v) is 3.65. The van der Waals surface area contributed by atoms with E-state index in [1.165, 1.54) is 11.3 Å². The molecular weight excluding hydrogens is 336 g/mol. The highest BCUT2D eigenvalue weighted by Gasteiger charge is 2.14. The molecule has 1 heterocycles. The van der Waals surface area contributed by atoms with Crippen molar-refractivity contribution >= 4 is 33.1 Å². The number of rotatable bonds is 5. The van der Waals surface area contributed by atoms with Crippen molar-refractivity contribution in [3.8, 4) is 5.75 Å². The van der Waals surface area contributed by atoms with Gasteiger partial charge in [0.25, 0.3) is 5.91 Å². The summed E-state index contributed by atoms with van der Waals surface area (Å²) < 4.78 is 8.28. The first-order chi connectivity index (χ1) is 12.0. The smallest absolute Gasteiger partial charge is 0.308 e. The molecule has 1 amide bonds. The molecule has 0 saturated carbocycles. The summed E-state index contributed by atoms with van der Waals surface area (Å²) in [6.45, 7) is 6.41. The molecule has 3 aromatic rings. The van der Waals surface area contributed by atoms with Gasteiger partial charge in [-0.25, -0.2) is 0 Å². The number of nitrogens with one attached hydrogen (secondary N) is 1. The summed E-state index contributed by atoms with van der Waals surface area (Å²) in [5.41, 5.74) is 2.02. The number of hydrogen-bond acceptors (Lipinski definition) is 4. The number of hydrogen-bond donors (Lipinski definition) is 1. The maximum Gasteiger partial charge on any atom is 0.308 e. The van der Waals surface area contributed by atoms with Gasteiger partial charge in [0.2, 0.25) is 0 Å². The number of benzene rings is 2. The number of aryl methyl sites for hydroxylation is 1. The van der Waals surface area contributed by atoms with Crippen LogP contribution in [-0.2, 0) is 6.54 Å². The molecule has 6 heteroatoms. The molecule has 0 aliphatic heterocycles. The van der Waals surface area contributed by atoms with Crippen molar-refractivity contribution in [1.29, 1.82) is 0 Å². The monoisotopic (exact) mass is 356 g/mol. The largest absolute Gasteiger partial charge is 0.490 e. The van der Waals surface area contributed by atoms with Gasteiger partial charge >= 0.3 is 4.87 Å². The van der Waals surface area contributed by atoms with Gasteiger partial charge in [0.1, 0.15) is 5.75 Å². The van der Waals surface area contributed by atoms with Crippen LogP contribution in [-0.4, -0.2) is 16.6 Å². The molecule has 5 nitrogen and oxygen atoms in total. The lowest BCUT2D eigenvalue weighted by molar-refractivity contribution is 0.102. The first-order valence-corrected chi connectivity index (χ1v) is 9.01. The molecular formula is C19H20N2O3S. The maximum absolute atomic E-state index is 12.6. The van der Waals surface area contributed by atoms with E-state index in [4.69, 9.17) is 4.74 Å². The SMILES string of the molecule is CCn1c(=O)sc2cc(NC(=O)c3ccccc3OC(C)C)ccc21. The lowest BCUT2D eigenvalue weighted by Gasteiger charge is -2.14. The molecule has 0 unspecified atom stereocenters. The van der Waals surface area contributed by atoms with Gasteiger partial charge in [-0.05, 0) is 51.1 Å². The van der Waals surface area contributed by atoms with E-state index in [9.17, 15) is 9.59 Å². The standard InChI is InChI=1S/C19H20N2O3S/c1-4-21-15-10-9-13(11-17(15)25-19(21)23)20-18(22)14-7-5-6-8-16(14)24-12(2)3/h5-12H,4H2,1-3H3,(H,20,22). The van der Waals surface area contributed by atoms with Crippen LogP contribution in [0.25, 0.3) is 10.2 Å². The van der Waals surface area contributed by atoms with Crippen LogP contribution in [0.2, 0.25) is 0 Å². The Morgan fingerprint density at radius 2 is 2.00 bits per heavy atom. The molecule has 2 aromatic carbocycles. The van der Waals surface area contributed by atoms with Crippen molar-refractivity contribution in [3.63, 3.8) is 0 Å². The van der Waals surface area contributed by atoms with Gasteiger partial charge in [0.15, 0.2) is 0 Å². The molecule has 0 saturated heterocycles. The van der Waals surface area contributed by atoms with Gasteiger partial charge < -0.3 is 10.1 Å². The maximum atomic E-state index is 12.6. The normalized spacial score (nSPS) is 11.0. The zero-order chi connectivity index (χ0) is 18.0. The minimum atomic E-state index is -0.238. The first kappa shape index (κ1) is 17.2. The molecule has 0 aliphatic rings. The molecule has 0 radical (unpaired) electrons. The lowest BCUT2D eigenvalue weighted by Crippen LogP contribution is -2.15. The zero-order valence-corrected chi connectivity index (χ0v) is 15.2. The third-order valence-electron chi connectivity index (χ3n) is 3.74. The van der Waals surface area contributed by atoms with E-state index in [1.54, 1.807) is 22.8 Å². The number of carbonyl (C=O) groups excluding carboxylic acids is 1. The van der Waals surface area contributed by atoms with Gasteiger partial charge in [-0.1, -0.05) is 23.5 Å². The molecule has 1 aromatic heterocycles. The second-order valence-electron chi connectivity index (χ2n) is 5.91. The minimum absolute atomic E-state index is 0.0108. The van der Waals surface area contributed by atoms with Crippen molar-refractivity contribution in [2.45, 2.75) is 33.4 Å². The molecule has 0 fully saturated rings. The van der Waals surface area contributed by atoms with E-state index in [0.717, 1.165) is 10.2 Å². The Morgan fingerprint density at radius 3 is 2.72 bits per heavy atom. The Kier molecular flexibility index (Phi) is 4.90. The molecule has 0 atom stereocenters. The molecule has 25 heavy (non-hydrogen) atoms. The summed E-state index contributed by atoms with van der Waals surface area (Å²) in [7, 11) is 0. The van der Waals surface area contributed by atoms with E-state index in [0.29, 0.717) is 23.5 Å². The first-order valence-electron chi connectivity index (χ1n) is 8.20. The fraction of sp³-hybridized carbons (Fsp3) is 0.263. The summed E-state index contributed by atoms with van der Waals surface area (Å²) in [6, 6.07) is 12.7. The van der Waals surface area contributed by atoms with E-state index in [-0.39, 0.29) is 16.9 Å². The molecule has 130 valence electrons. The average Bonchev–Trinajstić information content (AvgIpc) is 2.88. The van der Waals surface area contributed by atoms with Crippen molar-refractivity contribution in [3.05, 3.63) is 57.7 Å². The van der Waals surface area contributed by atoms with Gasteiger partial charge in [-0.3, -0.25) is 14.2 Å². The summed E-state index contributed by atoms with van der Waals surface area (Å²) in [5, 5.41) is 2.89. The van der Waals surface area contributed by atoms with E-state index in [2.05, 4.69) is 5.32 Å². The van der Waals surface area contributed by atoms with Crippen LogP contribution in [0.15, 0.2) is 47.3 Å². The summed E-state index contributed by atoms with van der Waals surface area (Å²) in [4.78, 5) is 24.6. The summed E-state index contributed by atoms with van der Waals surface area (Å²) in [5.74, 6) is 0.316. The second-order valence-corrected chi connectivity index (χ2v) is 6.90. The highest BCUT2D eigenvalue weighted by molar-refractivity contribution is 7.16. The van der Waals surface area contributed by atoms with E-state index < -0.39 is 0 Å². The second kappa shape index (κ2) is 7.11. The predicted octanol–water partition coefficient (Wildman–Crippen LogP) is 4.12. The Hall–Kier alpha value is -2.60. The number of ether oxygens (including phenoxy) is 1. The Labute approximate surface area is 149 Å². The quantitative estimate of drug-likeness (QED) is 0.748. The number of thiazole rings is 1. The van der Waals surface area contributed by atoms with Crippen LogP contribution >= 0.6 is 11.3 Å². The Morgan fingerprint density at radius 1 is 1.24 bits per heavy atom. The third-order valence-corrected chi connectivity index (χ3v) is 4.68. The minimum Gasteiger partial charge on any atom is -0.490 e. The van der Waals surface area contributed by atoms with E-state index in [1.807, 2.05) is 45.0 Å². The van der Waals surface area contributed by atoms with Gasteiger partial charge in [-0.15, -0.1) is 0 Å². The van der Waals surface area contributed by atoms with E-state index >= 15 is 0 Å². The summed E-state index contributed by atoms with van der Waals surface area (Å²) in [6.07, 6.45) is -0.0172. The van der Waals surface area contributed by atoms with Gasteiger partial charge in [-0.2, -0.15) is 0 Å². The van der Waals surface area contributed by atoms with Crippen molar-refractivity contribution in [2.75, 3.05) is 5.32 Å². The van der Waals surface area contributed by atoms with Crippen LogP contribution < -0.4 is 14.9 Å². The number of aromatic nitrogens is 1. The van der Waals surface area contributed by atoms with Crippen LogP contribution in [0, 0.1) is 0 Å². The molecule has 3 rings (SSSR count). The highest BCUT2D eigenvalue weighted by atomic mass is 32.1. The van der Waals surface area contributed by atoms with Crippen molar-refractivity contribution in [1.82, 2.24) is 4.57 Å². The highest BCUT2D eigenvalue weighted by Crippen LogP contribution is 2.24. The number of para-hydroxylation sites is 1. The number of fused-ring (bicyclic) bond motifs is 1. The molecule has 0 aliphatic carbocycles. The predicted molar refractivity (Wildman–Crippen MR) is 102 cm³/mol. The number of anilines is 1. The number of nitrogens with zero attached hydrogens (tertiary/aromatic N) is 1. The third kappa shape index (κ3) is 3.58. The van der Waals surface area contributed by atoms with Gasteiger partial charge in [0, 0.05) is 12.2 Å². The average molecular weight is 356 g/mol. The molecule has 0 bridgehead atoms.